The van der Waals surface area contributed by atoms with Gasteiger partial charge < -0.3 is 4.90 Å². The van der Waals surface area contributed by atoms with Gasteiger partial charge in [0.25, 0.3) is 0 Å². The molecule has 2 fully saturated rings. The van der Waals surface area contributed by atoms with Crippen molar-refractivity contribution < 1.29 is 0 Å². The van der Waals surface area contributed by atoms with Crippen molar-refractivity contribution in [3.8, 4) is 0 Å². The second kappa shape index (κ2) is 6.82. The SMILES string of the molecule is [B]C1(C(C)C)CCCC2C(CC(C)C1)SC(=S)N2C(C)C. The van der Waals surface area contributed by atoms with Crippen LogP contribution in [0.3, 0.4) is 0 Å². The number of thioether (sulfide) groups is 1. The Bertz CT molecular complexity index is 385. The quantitative estimate of drug-likeness (QED) is 0.517. The number of hydrogen-bond acceptors (Lipinski definition) is 2. The third-order valence-electron chi connectivity index (χ3n) is 5.46. The van der Waals surface area contributed by atoms with Crippen molar-refractivity contribution in [2.24, 2.45) is 11.8 Å². The Kier molecular flexibility index (Phi) is 5.74. The summed E-state index contributed by atoms with van der Waals surface area (Å²) in [7, 11) is 6.76. The molecule has 1 aliphatic carbocycles. The summed E-state index contributed by atoms with van der Waals surface area (Å²) >= 11 is 7.59. The largest absolute Gasteiger partial charge is 0.351 e. The van der Waals surface area contributed by atoms with E-state index in [-0.39, 0.29) is 5.31 Å². The van der Waals surface area contributed by atoms with Crippen LogP contribution in [-0.4, -0.2) is 34.4 Å². The first-order valence-electron chi connectivity index (χ1n) is 8.52. The highest BCUT2D eigenvalue weighted by atomic mass is 32.2. The van der Waals surface area contributed by atoms with E-state index in [1.807, 2.05) is 11.8 Å². The Morgan fingerprint density at radius 3 is 2.57 bits per heavy atom. The predicted molar refractivity (Wildman–Crippen MR) is 100 cm³/mol. The minimum atomic E-state index is 0.0197. The molecule has 1 nitrogen and oxygen atoms in total. The van der Waals surface area contributed by atoms with E-state index in [0.29, 0.717) is 29.2 Å². The molecule has 4 heteroatoms. The van der Waals surface area contributed by atoms with Crippen molar-refractivity contribution in [3.63, 3.8) is 0 Å². The molecule has 0 aromatic rings. The van der Waals surface area contributed by atoms with Gasteiger partial charge in [0, 0.05) is 17.3 Å². The molecule has 2 radical (unpaired) electrons. The summed E-state index contributed by atoms with van der Waals surface area (Å²) in [6.07, 6.45) is 6.04. The van der Waals surface area contributed by atoms with Crippen LogP contribution in [0.15, 0.2) is 0 Å². The summed E-state index contributed by atoms with van der Waals surface area (Å²) in [5.41, 5.74) is 0. The molecular formula is C17H30BNS2. The maximum absolute atomic E-state index is 6.76. The maximum atomic E-state index is 6.76. The predicted octanol–water partition coefficient (Wildman–Crippen LogP) is 5.05. The van der Waals surface area contributed by atoms with Gasteiger partial charge in [-0.1, -0.05) is 69.3 Å². The topological polar surface area (TPSA) is 3.24 Å². The van der Waals surface area contributed by atoms with E-state index in [4.69, 9.17) is 20.1 Å². The van der Waals surface area contributed by atoms with Gasteiger partial charge >= 0.3 is 0 Å². The van der Waals surface area contributed by atoms with Gasteiger partial charge in [-0.05, 0) is 38.5 Å². The average molecular weight is 323 g/mol. The van der Waals surface area contributed by atoms with Crippen molar-refractivity contribution in [1.82, 2.24) is 4.90 Å². The molecule has 0 spiro atoms. The lowest BCUT2D eigenvalue weighted by Crippen LogP contribution is -2.41. The second-order valence-electron chi connectivity index (χ2n) is 7.82. The smallest absolute Gasteiger partial charge is 0.137 e. The molecule has 0 amide bonds. The zero-order valence-corrected chi connectivity index (χ0v) is 15.9. The Morgan fingerprint density at radius 2 is 2.00 bits per heavy atom. The van der Waals surface area contributed by atoms with E-state index in [1.54, 1.807) is 0 Å². The summed E-state index contributed by atoms with van der Waals surface area (Å²) in [6.45, 7) is 11.5. The summed E-state index contributed by atoms with van der Waals surface area (Å²) in [5, 5.41) is 0.690. The maximum Gasteiger partial charge on any atom is 0.137 e. The minimum absolute atomic E-state index is 0.0197. The van der Waals surface area contributed by atoms with Gasteiger partial charge in [-0.2, -0.15) is 0 Å². The fourth-order valence-corrected chi connectivity index (χ4v) is 6.40. The Morgan fingerprint density at radius 1 is 1.33 bits per heavy atom. The number of hydrogen-bond donors (Lipinski definition) is 0. The van der Waals surface area contributed by atoms with Crippen LogP contribution in [0.1, 0.15) is 66.7 Å². The summed E-state index contributed by atoms with van der Waals surface area (Å²) < 4.78 is 1.12. The van der Waals surface area contributed by atoms with Crippen LogP contribution in [0, 0.1) is 11.8 Å². The summed E-state index contributed by atoms with van der Waals surface area (Å²) in [6, 6.07) is 1.14. The van der Waals surface area contributed by atoms with E-state index in [0.717, 1.165) is 17.2 Å². The molecule has 118 valence electrons. The molecule has 1 saturated carbocycles. The zero-order valence-electron chi connectivity index (χ0n) is 14.3. The first kappa shape index (κ1) is 17.7. The molecule has 4 unspecified atom stereocenters. The second-order valence-corrected chi connectivity index (χ2v) is 9.69. The van der Waals surface area contributed by atoms with Gasteiger partial charge in [0.05, 0.1) is 7.85 Å². The van der Waals surface area contributed by atoms with Gasteiger partial charge in [-0.25, -0.2) is 0 Å². The number of fused-ring (bicyclic) bond motifs is 1. The highest BCUT2D eigenvalue weighted by molar-refractivity contribution is 8.23. The van der Waals surface area contributed by atoms with Crippen LogP contribution in [0.25, 0.3) is 0 Å². The van der Waals surface area contributed by atoms with Crippen LogP contribution in [-0.2, 0) is 0 Å². The Labute approximate surface area is 142 Å². The molecule has 0 aromatic carbocycles. The molecule has 1 aliphatic heterocycles. The molecule has 0 bridgehead atoms. The standard InChI is InChI=1S/C17H30BNS2/c1-11(2)17(18)8-6-7-14-15(9-13(5)10-17)21-16(20)19(14)12(3)4/h11-15H,6-10H2,1-5H3. The van der Waals surface area contributed by atoms with Gasteiger partial charge in [0.15, 0.2) is 0 Å². The highest BCUT2D eigenvalue weighted by Crippen LogP contribution is 2.49. The van der Waals surface area contributed by atoms with E-state index in [1.165, 1.54) is 19.3 Å². The van der Waals surface area contributed by atoms with Crippen molar-refractivity contribution in [3.05, 3.63) is 0 Å². The lowest BCUT2D eigenvalue weighted by Gasteiger charge is -2.37. The molecule has 2 rings (SSSR count). The molecular weight excluding hydrogens is 293 g/mol. The first-order chi connectivity index (χ1) is 9.74. The number of nitrogens with zero attached hydrogens (tertiary/aromatic N) is 1. The van der Waals surface area contributed by atoms with E-state index in [2.05, 4.69) is 39.5 Å². The van der Waals surface area contributed by atoms with Crippen LogP contribution < -0.4 is 0 Å². The molecule has 4 atom stereocenters. The fraction of sp³-hybridized carbons (Fsp3) is 0.941. The van der Waals surface area contributed by atoms with Crippen LogP contribution in [0.4, 0.5) is 0 Å². The highest BCUT2D eigenvalue weighted by Gasteiger charge is 2.42. The van der Waals surface area contributed by atoms with E-state index >= 15 is 0 Å². The Hall–Kier alpha value is 0.305. The van der Waals surface area contributed by atoms with Crippen LogP contribution >= 0.6 is 24.0 Å². The lowest BCUT2D eigenvalue weighted by atomic mass is 9.55. The number of rotatable bonds is 2. The van der Waals surface area contributed by atoms with Crippen molar-refractivity contribution >= 4 is 36.1 Å². The third-order valence-corrected chi connectivity index (χ3v) is 7.18. The van der Waals surface area contributed by atoms with Gasteiger partial charge in [-0.3, -0.25) is 0 Å². The normalized spacial score (nSPS) is 38.3. The number of thiocarbonyl (C=S) groups is 1. The fourth-order valence-electron chi connectivity index (χ4n) is 4.10. The molecule has 0 aromatic heterocycles. The average Bonchev–Trinajstić information content (AvgIpc) is 2.66. The van der Waals surface area contributed by atoms with Crippen molar-refractivity contribution in [2.45, 2.75) is 89.4 Å². The molecule has 2 aliphatic rings. The first-order valence-corrected chi connectivity index (χ1v) is 9.81. The summed E-state index contributed by atoms with van der Waals surface area (Å²) in [5.74, 6) is 1.25. The van der Waals surface area contributed by atoms with Gasteiger partial charge in [0.1, 0.15) is 4.32 Å². The van der Waals surface area contributed by atoms with Gasteiger partial charge in [-0.15, -0.1) is 0 Å². The molecule has 0 N–H and O–H groups in total. The molecule has 1 heterocycles. The lowest BCUT2D eigenvalue weighted by molar-refractivity contribution is 0.249. The van der Waals surface area contributed by atoms with Crippen LogP contribution in [0.5, 0.6) is 0 Å². The zero-order chi connectivity index (χ0) is 15.8. The van der Waals surface area contributed by atoms with Crippen molar-refractivity contribution in [1.29, 1.82) is 0 Å². The summed E-state index contributed by atoms with van der Waals surface area (Å²) in [4.78, 5) is 2.50. The monoisotopic (exact) mass is 323 g/mol. The van der Waals surface area contributed by atoms with Crippen molar-refractivity contribution in [2.75, 3.05) is 0 Å². The third kappa shape index (κ3) is 3.80. The minimum Gasteiger partial charge on any atom is -0.351 e. The molecule has 1 saturated heterocycles. The van der Waals surface area contributed by atoms with Gasteiger partial charge in [0.2, 0.25) is 0 Å². The van der Waals surface area contributed by atoms with E-state index in [9.17, 15) is 0 Å². The molecule has 21 heavy (non-hydrogen) atoms. The Balaban J connectivity index is 2.17. The van der Waals surface area contributed by atoms with E-state index < -0.39 is 0 Å². The van der Waals surface area contributed by atoms with Crippen LogP contribution in [0.2, 0.25) is 5.31 Å².